The van der Waals surface area contributed by atoms with Gasteiger partial charge < -0.3 is 14.9 Å². The fourth-order valence-electron chi connectivity index (χ4n) is 2.68. The van der Waals surface area contributed by atoms with Gasteiger partial charge in [0.05, 0.1) is 18.8 Å². The first kappa shape index (κ1) is 14.4. The van der Waals surface area contributed by atoms with Crippen molar-refractivity contribution in [2.24, 2.45) is 5.92 Å². The van der Waals surface area contributed by atoms with Gasteiger partial charge in [0.15, 0.2) is 0 Å². The Bertz CT molecular complexity index is 391. The van der Waals surface area contributed by atoms with E-state index in [0.717, 1.165) is 37.0 Å². The van der Waals surface area contributed by atoms with Crippen molar-refractivity contribution in [3.05, 3.63) is 29.8 Å². The molecule has 0 bridgehead atoms. The van der Waals surface area contributed by atoms with E-state index in [9.17, 15) is 10.2 Å². The summed E-state index contributed by atoms with van der Waals surface area (Å²) in [6.07, 6.45) is 4.12. The van der Waals surface area contributed by atoms with Gasteiger partial charge in [0.2, 0.25) is 0 Å². The number of benzene rings is 1. The van der Waals surface area contributed by atoms with Crippen LogP contribution in [0.3, 0.4) is 0 Å². The molecule has 0 radical (unpaired) electrons. The maximum absolute atomic E-state index is 9.82. The third-order valence-corrected chi connectivity index (χ3v) is 3.87. The molecule has 0 saturated heterocycles. The first-order valence-corrected chi connectivity index (χ1v) is 7.28. The zero-order valence-corrected chi connectivity index (χ0v) is 11.6. The van der Waals surface area contributed by atoms with E-state index in [-0.39, 0.29) is 6.10 Å². The predicted octanol–water partition coefficient (Wildman–Crippen LogP) is 3.06. The summed E-state index contributed by atoms with van der Waals surface area (Å²) >= 11 is 0. The lowest BCUT2D eigenvalue weighted by atomic mass is 9.88. The molecule has 3 nitrogen and oxygen atoms in total. The van der Waals surface area contributed by atoms with Gasteiger partial charge in [-0.15, -0.1) is 0 Å². The topological polar surface area (TPSA) is 49.7 Å². The Labute approximate surface area is 115 Å². The molecule has 1 aromatic carbocycles. The van der Waals surface area contributed by atoms with Crippen LogP contribution >= 0.6 is 0 Å². The van der Waals surface area contributed by atoms with E-state index in [1.807, 2.05) is 31.2 Å². The van der Waals surface area contributed by atoms with Crippen molar-refractivity contribution in [3.8, 4) is 5.75 Å². The second kappa shape index (κ2) is 6.92. The molecule has 0 amide bonds. The molecule has 0 spiro atoms. The van der Waals surface area contributed by atoms with Crippen molar-refractivity contribution >= 4 is 0 Å². The quantitative estimate of drug-likeness (QED) is 0.859. The summed E-state index contributed by atoms with van der Waals surface area (Å²) in [6.45, 7) is 2.62. The third kappa shape index (κ3) is 4.22. The van der Waals surface area contributed by atoms with Crippen molar-refractivity contribution in [2.45, 2.75) is 51.2 Å². The van der Waals surface area contributed by atoms with Gasteiger partial charge in [-0.25, -0.2) is 0 Å². The standard InChI is InChI=1S/C16H24O3/c1-2-16(18)13-6-4-8-15(10-13)19-11-12-5-3-7-14(17)9-12/h4,6,8,10,12,14,16-18H,2-3,5,7,9,11H2,1H3. The maximum atomic E-state index is 9.82. The summed E-state index contributed by atoms with van der Waals surface area (Å²) in [5.41, 5.74) is 0.906. The summed E-state index contributed by atoms with van der Waals surface area (Å²) < 4.78 is 5.81. The highest BCUT2D eigenvalue weighted by atomic mass is 16.5. The molecule has 1 aliphatic carbocycles. The Kier molecular flexibility index (Phi) is 5.23. The number of hydrogen-bond acceptors (Lipinski definition) is 3. The Morgan fingerprint density at radius 3 is 2.95 bits per heavy atom. The van der Waals surface area contributed by atoms with Crippen LogP contribution in [-0.2, 0) is 0 Å². The summed E-state index contributed by atoms with van der Waals surface area (Å²) in [4.78, 5) is 0. The lowest BCUT2D eigenvalue weighted by molar-refractivity contribution is 0.0809. The maximum Gasteiger partial charge on any atom is 0.119 e. The molecule has 0 aliphatic heterocycles. The predicted molar refractivity (Wildman–Crippen MR) is 75.2 cm³/mol. The van der Waals surface area contributed by atoms with Crippen molar-refractivity contribution in [1.82, 2.24) is 0 Å². The van der Waals surface area contributed by atoms with Crippen LogP contribution in [0.2, 0.25) is 0 Å². The summed E-state index contributed by atoms with van der Waals surface area (Å²) in [6, 6.07) is 7.67. The first-order chi connectivity index (χ1) is 9.19. The van der Waals surface area contributed by atoms with E-state index in [2.05, 4.69) is 0 Å². The number of hydrogen-bond donors (Lipinski definition) is 2. The van der Waals surface area contributed by atoms with Gasteiger partial charge in [-0.1, -0.05) is 25.5 Å². The van der Waals surface area contributed by atoms with Crippen LogP contribution in [0.1, 0.15) is 50.7 Å². The molecule has 19 heavy (non-hydrogen) atoms. The summed E-state index contributed by atoms with van der Waals surface area (Å²) in [5, 5.41) is 19.5. The fraction of sp³-hybridized carbons (Fsp3) is 0.625. The lowest BCUT2D eigenvalue weighted by Crippen LogP contribution is -2.24. The van der Waals surface area contributed by atoms with E-state index in [1.165, 1.54) is 0 Å². The average molecular weight is 264 g/mol. The highest BCUT2D eigenvalue weighted by Gasteiger charge is 2.20. The molecule has 2 N–H and O–H groups in total. The average Bonchev–Trinajstić information content (AvgIpc) is 2.45. The van der Waals surface area contributed by atoms with Crippen LogP contribution in [0, 0.1) is 5.92 Å². The third-order valence-electron chi connectivity index (χ3n) is 3.87. The zero-order valence-electron chi connectivity index (χ0n) is 11.6. The molecule has 3 unspecified atom stereocenters. The van der Waals surface area contributed by atoms with E-state index in [1.54, 1.807) is 0 Å². The highest BCUT2D eigenvalue weighted by Crippen LogP contribution is 2.26. The van der Waals surface area contributed by atoms with Crippen LogP contribution in [0.15, 0.2) is 24.3 Å². The second-order valence-electron chi connectivity index (χ2n) is 5.49. The number of rotatable bonds is 5. The summed E-state index contributed by atoms with van der Waals surface area (Å²) in [5.74, 6) is 1.26. The second-order valence-corrected chi connectivity index (χ2v) is 5.49. The largest absolute Gasteiger partial charge is 0.493 e. The first-order valence-electron chi connectivity index (χ1n) is 7.28. The zero-order chi connectivity index (χ0) is 13.7. The minimum atomic E-state index is -0.417. The molecular weight excluding hydrogens is 240 g/mol. The molecule has 1 aromatic rings. The van der Waals surface area contributed by atoms with Crippen molar-refractivity contribution in [3.63, 3.8) is 0 Å². The molecule has 0 aromatic heterocycles. The number of aliphatic hydroxyl groups is 2. The normalized spacial score (nSPS) is 25.0. The molecule has 1 aliphatic rings. The fourth-order valence-corrected chi connectivity index (χ4v) is 2.68. The molecule has 106 valence electrons. The number of aliphatic hydroxyl groups excluding tert-OH is 2. The van der Waals surface area contributed by atoms with Crippen LogP contribution in [0.5, 0.6) is 5.75 Å². The molecule has 0 heterocycles. The van der Waals surface area contributed by atoms with Gasteiger partial charge >= 0.3 is 0 Å². The van der Waals surface area contributed by atoms with Gasteiger partial charge in [0.25, 0.3) is 0 Å². The van der Waals surface area contributed by atoms with Gasteiger partial charge in [-0.05, 0) is 49.3 Å². The van der Waals surface area contributed by atoms with Crippen LogP contribution < -0.4 is 4.74 Å². The van der Waals surface area contributed by atoms with E-state index >= 15 is 0 Å². The molecule has 1 saturated carbocycles. The van der Waals surface area contributed by atoms with Gasteiger partial charge in [0.1, 0.15) is 5.75 Å². The smallest absolute Gasteiger partial charge is 0.119 e. The van der Waals surface area contributed by atoms with Gasteiger partial charge in [-0.3, -0.25) is 0 Å². The van der Waals surface area contributed by atoms with E-state index in [4.69, 9.17) is 4.74 Å². The van der Waals surface area contributed by atoms with Crippen molar-refractivity contribution in [1.29, 1.82) is 0 Å². The van der Waals surface area contributed by atoms with E-state index in [0.29, 0.717) is 18.9 Å². The SMILES string of the molecule is CCC(O)c1cccc(OCC2CCCC(O)C2)c1. The summed E-state index contributed by atoms with van der Waals surface area (Å²) in [7, 11) is 0. The van der Waals surface area contributed by atoms with Crippen LogP contribution in [0.25, 0.3) is 0 Å². The molecule has 2 rings (SSSR count). The number of ether oxygens (including phenoxy) is 1. The monoisotopic (exact) mass is 264 g/mol. The highest BCUT2D eigenvalue weighted by molar-refractivity contribution is 5.29. The lowest BCUT2D eigenvalue weighted by Gasteiger charge is -2.25. The Balaban J connectivity index is 1.88. The molecule has 1 fully saturated rings. The van der Waals surface area contributed by atoms with Gasteiger partial charge in [-0.2, -0.15) is 0 Å². The molecular formula is C16H24O3. The van der Waals surface area contributed by atoms with Crippen LogP contribution in [0.4, 0.5) is 0 Å². The van der Waals surface area contributed by atoms with Crippen molar-refractivity contribution < 1.29 is 14.9 Å². The Morgan fingerprint density at radius 1 is 1.37 bits per heavy atom. The Hall–Kier alpha value is -1.06. The molecule has 3 heteroatoms. The minimum absolute atomic E-state index is 0.157. The Morgan fingerprint density at radius 2 is 2.21 bits per heavy atom. The van der Waals surface area contributed by atoms with Gasteiger partial charge in [0, 0.05) is 0 Å². The molecule has 3 atom stereocenters. The van der Waals surface area contributed by atoms with Crippen molar-refractivity contribution in [2.75, 3.05) is 6.61 Å². The van der Waals surface area contributed by atoms with E-state index < -0.39 is 6.10 Å². The van der Waals surface area contributed by atoms with Crippen LogP contribution in [-0.4, -0.2) is 22.9 Å². The minimum Gasteiger partial charge on any atom is -0.493 e.